The first-order valence-electron chi connectivity index (χ1n) is 7.75. The molecule has 2 amide bonds. The number of ether oxygens (including phenoxy) is 1. The Labute approximate surface area is 155 Å². The Bertz CT molecular complexity index is 933. The molecule has 7 nitrogen and oxygen atoms in total. The second kappa shape index (κ2) is 7.94. The number of nitrogens with zero attached hydrogens (tertiary/aromatic N) is 2. The van der Waals surface area contributed by atoms with Crippen molar-refractivity contribution in [1.29, 1.82) is 0 Å². The summed E-state index contributed by atoms with van der Waals surface area (Å²) in [5, 5.41) is 12.2. The number of nitrogens with one attached hydrogen (secondary N) is 2. The largest absolute Gasteiger partial charge is 0.461 e. The Morgan fingerprint density at radius 1 is 1.00 bits per heavy atom. The second-order valence-electron chi connectivity index (χ2n) is 5.35. The van der Waals surface area contributed by atoms with Crippen LogP contribution in [0.2, 0.25) is 0 Å². The Balaban J connectivity index is 1.57. The van der Waals surface area contributed by atoms with Crippen LogP contribution in [0.4, 0.5) is 34.1 Å². The summed E-state index contributed by atoms with van der Waals surface area (Å²) in [7, 11) is 0. The quantitative estimate of drug-likeness (QED) is 0.594. The lowest BCUT2D eigenvalue weighted by atomic mass is 10.2. The fourth-order valence-corrected chi connectivity index (χ4v) is 2.04. The first kappa shape index (κ1) is 19.1. The zero-order chi connectivity index (χ0) is 20.1. The zero-order valence-electron chi connectivity index (χ0n) is 13.9. The molecule has 11 heteroatoms. The van der Waals surface area contributed by atoms with Gasteiger partial charge in [0.05, 0.1) is 0 Å². The Hall–Kier alpha value is -3.63. The van der Waals surface area contributed by atoms with Crippen LogP contribution in [0, 0.1) is 0 Å². The van der Waals surface area contributed by atoms with Gasteiger partial charge in [0.15, 0.2) is 0 Å². The molecule has 146 valence electrons. The van der Waals surface area contributed by atoms with Gasteiger partial charge in [0.25, 0.3) is 0 Å². The van der Waals surface area contributed by atoms with E-state index in [0.717, 1.165) is 12.1 Å². The van der Waals surface area contributed by atoms with Crippen LogP contribution in [0.5, 0.6) is 5.75 Å². The van der Waals surface area contributed by atoms with Crippen LogP contribution in [0.1, 0.15) is 0 Å². The molecule has 3 rings (SSSR count). The molecule has 1 heterocycles. The van der Waals surface area contributed by atoms with Gasteiger partial charge in [-0.05, 0) is 36.4 Å². The van der Waals surface area contributed by atoms with Gasteiger partial charge in [-0.3, -0.25) is 5.32 Å². The molecule has 1 aromatic heterocycles. The van der Waals surface area contributed by atoms with Crippen molar-refractivity contribution >= 4 is 17.7 Å². The number of carbonyl (C=O) groups is 1. The van der Waals surface area contributed by atoms with Gasteiger partial charge in [0, 0.05) is 11.3 Å². The maximum Gasteiger partial charge on any atom is 0.461 e. The molecule has 0 fully saturated rings. The average Bonchev–Trinajstić information content (AvgIpc) is 3.12. The summed E-state index contributed by atoms with van der Waals surface area (Å²) in [6.07, 6.45) is -8.58. The van der Waals surface area contributed by atoms with Crippen LogP contribution in [0.15, 0.2) is 59.0 Å². The molecule has 0 bridgehead atoms. The van der Waals surface area contributed by atoms with Gasteiger partial charge in [-0.25, -0.2) is 4.79 Å². The summed E-state index contributed by atoms with van der Waals surface area (Å²) in [4.78, 5) is 11.9. The third-order valence-corrected chi connectivity index (χ3v) is 3.29. The van der Waals surface area contributed by atoms with Crippen LogP contribution < -0.4 is 15.4 Å². The summed E-state index contributed by atoms with van der Waals surface area (Å²) in [5.41, 5.74) is 0.854. The Morgan fingerprint density at radius 2 is 1.68 bits per heavy atom. The van der Waals surface area contributed by atoms with E-state index in [1.54, 1.807) is 24.3 Å². The number of alkyl halides is 4. The summed E-state index contributed by atoms with van der Waals surface area (Å²) in [6, 6.07) is 12.4. The van der Waals surface area contributed by atoms with Crippen molar-refractivity contribution in [2.75, 3.05) is 10.6 Å². The highest BCUT2D eigenvalue weighted by Gasteiger charge is 2.43. The molecular weight excluding hydrogens is 384 g/mol. The number of amides is 2. The van der Waals surface area contributed by atoms with E-state index in [9.17, 15) is 22.4 Å². The normalized spacial score (nSPS) is 11.3. The molecule has 0 saturated heterocycles. The van der Waals surface area contributed by atoms with Crippen LogP contribution in [-0.4, -0.2) is 28.8 Å². The van der Waals surface area contributed by atoms with Crippen molar-refractivity contribution in [1.82, 2.24) is 10.2 Å². The minimum atomic E-state index is -4.61. The maximum absolute atomic E-state index is 12.8. The molecule has 0 atom stereocenters. The van der Waals surface area contributed by atoms with E-state index in [1.165, 1.54) is 12.1 Å². The van der Waals surface area contributed by atoms with E-state index in [1.807, 2.05) is 6.07 Å². The predicted molar refractivity (Wildman–Crippen MR) is 90.4 cm³/mol. The van der Waals surface area contributed by atoms with Gasteiger partial charge < -0.3 is 14.5 Å². The lowest BCUT2D eigenvalue weighted by Gasteiger charge is -2.16. The minimum absolute atomic E-state index is 0.159. The lowest BCUT2D eigenvalue weighted by molar-refractivity contribution is -0.253. The number of halogens is 4. The molecule has 0 radical (unpaired) electrons. The van der Waals surface area contributed by atoms with Crippen molar-refractivity contribution in [3.05, 3.63) is 54.6 Å². The molecule has 0 aliphatic rings. The van der Waals surface area contributed by atoms with E-state index >= 15 is 0 Å². The lowest BCUT2D eigenvalue weighted by Crippen LogP contribution is -2.33. The van der Waals surface area contributed by atoms with E-state index in [4.69, 9.17) is 4.42 Å². The first-order chi connectivity index (χ1) is 13.3. The molecule has 3 aromatic rings. The molecule has 2 aromatic carbocycles. The number of hydrogen-bond donors (Lipinski definition) is 2. The molecule has 0 unspecified atom stereocenters. The van der Waals surface area contributed by atoms with Gasteiger partial charge in [0.1, 0.15) is 5.75 Å². The summed E-state index contributed by atoms with van der Waals surface area (Å²) >= 11 is 0. The van der Waals surface area contributed by atoms with Crippen LogP contribution >= 0.6 is 0 Å². The Morgan fingerprint density at radius 3 is 2.32 bits per heavy atom. The fourth-order valence-electron chi connectivity index (χ4n) is 2.04. The maximum atomic E-state index is 12.8. The molecule has 0 saturated carbocycles. The van der Waals surface area contributed by atoms with E-state index in [-0.39, 0.29) is 17.6 Å². The molecular formula is C17H12F4N4O3. The van der Waals surface area contributed by atoms with Crippen LogP contribution in [0.3, 0.4) is 0 Å². The van der Waals surface area contributed by atoms with Gasteiger partial charge in [-0.15, -0.1) is 5.10 Å². The minimum Gasteiger partial charge on any atom is -0.428 e. The number of aromatic nitrogens is 2. The standard InChI is InChI=1S/C17H12F4N4O3/c18-14(19)17(20,21)28-12-8-6-11(7-9-12)22-15(26)23-16-25-24-13(27-16)10-4-2-1-3-5-10/h1-9,14H,(H2,22,23,25,26). The van der Waals surface area contributed by atoms with E-state index in [0.29, 0.717) is 5.56 Å². The molecule has 0 aliphatic heterocycles. The molecule has 28 heavy (non-hydrogen) atoms. The Kier molecular flexibility index (Phi) is 5.43. The highest BCUT2D eigenvalue weighted by atomic mass is 19.3. The molecule has 2 N–H and O–H groups in total. The van der Waals surface area contributed by atoms with Crippen molar-refractivity contribution in [2.45, 2.75) is 12.5 Å². The van der Waals surface area contributed by atoms with Gasteiger partial charge in [0.2, 0.25) is 5.89 Å². The second-order valence-corrected chi connectivity index (χ2v) is 5.35. The number of benzene rings is 2. The number of hydrogen-bond acceptors (Lipinski definition) is 5. The molecule has 0 aliphatic carbocycles. The van der Waals surface area contributed by atoms with E-state index < -0.39 is 24.3 Å². The highest BCUT2D eigenvalue weighted by Crippen LogP contribution is 2.28. The van der Waals surface area contributed by atoms with E-state index in [2.05, 4.69) is 25.6 Å². The fraction of sp³-hybridized carbons (Fsp3) is 0.118. The summed E-state index contributed by atoms with van der Waals surface area (Å²) in [6.45, 7) is 0. The SMILES string of the molecule is O=C(Nc1ccc(OC(F)(F)C(F)F)cc1)Nc1nnc(-c2ccccc2)o1. The van der Waals surface area contributed by atoms with Crippen LogP contribution in [0.25, 0.3) is 11.5 Å². The number of rotatable bonds is 6. The average molecular weight is 396 g/mol. The number of anilines is 2. The smallest absolute Gasteiger partial charge is 0.428 e. The van der Waals surface area contributed by atoms with Crippen LogP contribution in [-0.2, 0) is 0 Å². The monoisotopic (exact) mass is 396 g/mol. The van der Waals surface area contributed by atoms with Crippen molar-refractivity contribution in [2.24, 2.45) is 0 Å². The van der Waals surface area contributed by atoms with Crippen molar-refractivity contribution < 1.29 is 31.5 Å². The third kappa shape index (κ3) is 4.75. The van der Waals surface area contributed by atoms with Gasteiger partial charge >= 0.3 is 24.6 Å². The molecule has 0 spiro atoms. The zero-order valence-corrected chi connectivity index (χ0v) is 13.9. The first-order valence-corrected chi connectivity index (χ1v) is 7.75. The summed E-state index contributed by atoms with van der Waals surface area (Å²) < 4.78 is 59.1. The predicted octanol–water partition coefficient (Wildman–Crippen LogP) is 4.62. The summed E-state index contributed by atoms with van der Waals surface area (Å²) in [5.74, 6) is -0.280. The van der Waals surface area contributed by atoms with Gasteiger partial charge in [-0.1, -0.05) is 23.3 Å². The highest BCUT2D eigenvalue weighted by molar-refractivity contribution is 5.98. The van der Waals surface area contributed by atoms with Gasteiger partial charge in [-0.2, -0.15) is 17.6 Å². The number of carbonyl (C=O) groups excluding carboxylic acids is 1. The topological polar surface area (TPSA) is 89.3 Å². The number of urea groups is 1. The van der Waals surface area contributed by atoms with Crippen molar-refractivity contribution in [3.8, 4) is 17.2 Å². The third-order valence-electron chi connectivity index (χ3n) is 3.29. The van der Waals surface area contributed by atoms with Crippen molar-refractivity contribution in [3.63, 3.8) is 0 Å².